The first-order chi connectivity index (χ1) is 9.56. The minimum Gasteiger partial charge on any atom is -0.324 e. The van der Waals surface area contributed by atoms with Crippen molar-refractivity contribution in [1.82, 2.24) is 9.80 Å². The number of benzene rings is 1. The second-order valence-corrected chi connectivity index (χ2v) is 5.99. The van der Waals surface area contributed by atoms with Gasteiger partial charge >= 0.3 is 0 Å². The van der Waals surface area contributed by atoms with E-state index in [0.717, 1.165) is 25.1 Å². The van der Waals surface area contributed by atoms with E-state index in [9.17, 15) is 4.39 Å². The smallest absolute Gasteiger partial charge is 0.123 e. The van der Waals surface area contributed by atoms with Gasteiger partial charge in [-0.1, -0.05) is 12.1 Å². The van der Waals surface area contributed by atoms with Gasteiger partial charge in [0.05, 0.1) is 0 Å². The molecule has 0 aromatic heterocycles. The van der Waals surface area contributed by atoms with E-state index in [4.69, 9.17) is 5.73 Å². The quantitative estimate of drug-likeness (QED) is 0.867. The van der Waals surface area contributed by atoms with Crippen molar-refractivity contribution in [3.8, 4) is 0 Å². The third-order valence-electron chi connectivity index (χ3n) is 4.29. The van der Waals surface area contributed by atoms with Crippen molar-refractivity contribution >= 4 is 0 Å². The molecule has 112 valence electrons. The molecule has 3 nitrogen and oxygen atoms in total. The van der Waals surface area contributed by atoms with Crippen LogP contribution in [-0.2, 0) is 0 Å². The fraction of sp³-hybridized carbons (Fsp3) is 0.625. The van der Waals surface area contributed by atoms with E-state index in [0.29, 0.717) is 6.04 Å². The van der Waals surface area contributed by atoms with Crippen molar-refractivity contribution in [2.24, 2.45) is 5.73 Å². The average molecular weight is 279 g/mol. The standard InChI is InChI=1S/C16H26FN3/c1-19(12-15-7-4-9-20(15)2)10-8-16(18)13-5-3-6-14(17)11-13/h3,5-6,11,15-16H,4,7-10,12,18H2,1-2H3. The summed E-state index contributed by atoms with van der Waals surface area (Å²) in [5, 5.41) is 0. The average Bonchev–Trinajstić information content (AvgIpc) is 2.81. The van der Waals surface area contributed by atoms with Crippen molar-refractivity contribution in [2.75, 3.05) is 33.7 Å². The number of nitrogens with two attached hydrogens (primary N) is 1. The molecule has 0 saturated carbocycles. The highest BCUT2D eigenvalue weighted by atomic mass is 19.1. The zero-order valence-electron chi connectivity index (χ0n) is 12.6. The predicted octanol–water partition coefficient (Wildman–Crippen LogP) is 2.24. The Labute approximate surface area is 121 Å². The van der Waals surface area contributed by atoms with Gasteiger partial charge in [0.25, 0.3) is 0 Å². The maximum Gasteiger partial charge on any atom is 0.123 e. The molecular weight excluding hydrogens is 253 g/mol. The first-order valence-electron chi connectivity index (χ1n) is 7.46. The van der Waals surface area contributed by atoms with Crippen LogP contribution >= 0.6 is 0 Å². The Morgan fingerprint density at radius 3 is 2.95 bits per heavy atom. The fourth-order valence-electron chi connectivity index (χ4n) is 2.92. The van der Waals surface area contributed by atoms with Gasteiger partial charge in [0.15, 0.2) is 0 Å². The molecule has 1 aliphatic heterocycles. The maximum absolute atomic E-state index is 13.2. The molecule has 20 heavy (non-hydrogen) atoms. The van der Waals surface area contributed by atoms with E-state index in [1.807, 2.05) is 6.07 Å². The lowest BCUT2D eigenvalue weighted by Crippen LogP contribution is -2.37. The van der Waals surface area contributed by atoms with Crippen LogP contribution in [0.15, 0.2) is 24.3 Å². The van der Waals surface area contributed by atoms with E-state index in [2.05, 4.69) is 23.9 Å². The van der Waals surface area contributed by atoms with Crippen molar-refractivity contribution in [2.45, 2.75) is 31.3 Å². The fourth-order valence-corrected chi connectivity index (χ4v) is 2.92. The number of likely N-dealkylation sites (N-methyl/N-ethyl adjacent to an activating group) is 2. The number of halogens is 1. The zero-order chi connectivity index (χ0) is 14.5. The van der Waals surface area contributed by atoms with Gasteiger partial charge in [-0.3, -0.25) is 0 Å². The normalized spacial score (nSPS) is 21.6. The molecule has 1 fully saturated rings. The summed E-state index contributed by atoms with van der Waals surface area (Å²) in [4.78, 5) is 4.77. The van der Waals surface area contributed by atoms with Crippen molar-refractivity contribution in [1.29, 1.82) is 0 Å². The van der Waals surface area contributed by atoms with E-state index in [1.165, 1.54) is 31.5 Å². The van der Waals surface area contributed by atoms with Crippen LogP contribution in [0.25, 0.3) is 0 Å². The van der Waals surface area contributed by atoms with Crippen molar-refractivity contribution < 1.29 is 4.39 Å². The largest absolute Gasteiger partial charge is 0.324 e. The Bertz CT molecular complexity index is 424. The molecule has 1 aliphatic rings. The van der Waals surface area contributed by atoms with Crippen LogP contribution in [0.2, 0.25) is 0 Å². The minimum atomic E-state index is -0.209. The molecule has 0 amide bonds. The molecule has 0 spiro atoms. The molecule has 2 unspecified atom stereocenters. The second-order valence-electron chi connectivity index (χ2n) is 5.99. The van der Waals surface area contributed by atoms with Crippen LogP contribution in [0.5, 0.6) is 0 Å². The lowest BCUT2D eigenvalue weighted by Gasteiger charge is -2.26. The van der Waals surface area contributed by atoms with E-state index < -0.39 is 0 Å². The Morgan fingerprint density at radius 2 is 2.30 bits per heavy atom. The molecule has 2 rings (SSSR count). The first kappa shape index (κ1) is 15.4. The SMILES string of the molecule is CN(CCC(N)c1cccc(F)c1)CC1CCCN1C. The minimum absolute atomic E-state index is 0.0885. The molecule has 1 aromatic rings. The maximum atomic E-state index is 13.2. The van der Waals surface area contributed by atoms with E-state index in [-0.39, 0.29) is 11.9 Å². The summed E-state index contributed by atoms with van der Waals surface area (Å²) in [6.45, 7) is 3.25. The van der Waals surface area contributed by atoms with Crippen LogP contribution in [0, 0.1) is 5.82 Å². The molecule has 2 atom stereocenters. The van der Waals surface area contributed by atoms with Crippen LogP contribution in [0.4, 0.5) is 4.39 Å². The molecule has 0 bridgehead atoms. The Balaban J connectivity index is 1.76. The number of likely N-dealkylation sites (tertiary alicyclic amines) is 1. The summed E-state index contributed by atoms with van der Waals surface area (Å²) in [6.07, 6.45) is 3.45. The van der Waals surface area contributed by atoms with Gasteiger partial charge in [-0.15, -0.1) is 0 Å². The third-order valence-corrected chi connectivity index (χ3v) is 4.29. The summed E-state index contributed by atoms with van der Waals surface area (Å²) in [6, 6.07) is 7.20. The summed E-state index contributed by atoms with van der Waals surface area (Å²) in [5.41, 5.74) is 7.03. The Morgan fingerprint density at radius 1 is 1.50 bits per heavy atom. The van der Waals surface area contributed by atoms with Gasteiger partial charge in [-0.2, -0.15) is 0 Å². The van der Waals surface area contributed by atoms with Gasteiger partial charge in [0.1, 0.15) is 5.82 Å². The number of nitrogens with zero attached hydrogens (tertiary/aromatic N) is 2. The molecule has 1 saturated heterocycles. The highest BCUT2D eigenvalue weighted by Gasteiger charge is 2.22. The topological polar surface area (TPSA) is 32.5 Å². The molecule has 2 N–H and O–H groups in total. The Kier molecular flexibility index (Phi) is 5.52. The second kappa shape index (κ2) is 7.16. The zero-order valence-corrected chi connectivity index (χ0v) is 12.6. The molecular formula is C16H26FN3. The van der Waals surface area contributed by atoms with Crippen LogP contribution in [0.1, 0.15) is 30.9 Å². The highest BCUT2D eigenvalue weighted by molar-refractivity contribution is 5.19. The van der Waals surface area contributed by atoms with Gasteiger partial charge in [-0.05, 0) is 64.1 Å². The molecule has 0 aliphatic carbocycles. The lowest BCUT2D eigenvalue weighted by molar-refractivity contribution is 0.216. The first-order valence-corrected chi connectivity index (χ1v) is 7.46. The highest BCUT2D eigenvalue weighted by Crippen LogP contribution is 2.18. The van der Waals surface area contributed by atoms with Crippen molar-refractivity contribution in [3.63, 3.8) is 0 Å². The van der Waals surface area contributed by atoms with Crippen LogP contribution in [0.3, 0.4) is 0 Å². The monoisotopic (exact) mass is 279 g/mol. The van der Waals surface area contributed by atoms with Gasteiger partial charge < -0.3 is 15.5 Å². The predicted molar refractivity (Wildman–Crippen MR) is 81.1 cm³/mol. The van der Waals surface area contributed by atoms with Gasteiger partial charge in [0, 0.05) is 18.6 Å². The Hall–Kier alpha value is -0.970. The molecule has 4 heteroatoms. The van der Waals surface area contributed by atoms with Crippen LogP contribution < -0.4 is 5.73 Å². The molecule has 1 aromatic carbocycles. The molecule has 1 heterocycles. The molecule has 0 radical (unpaired) electrons. The van der Waals surface area contributed by atoms with Crippen LogP contribution in [-0.4, -0.2) is 49.6 Å². The third kappa shape index (κ3) is 4.27. The van der Waals surface area contributed by atoms with Crippen molar-refractivity contribution in [3.05, 3.63) is 35.6 Å². The number of hydrogen-bond acceptors (Lipinski definition) is 3. The summed E-state index contributed by atoms with van der Waals surface area (Å²) < 4.78 is 13.2. The number of hydrogen-bond donors (Lipinski definition) is 1. The van der Waals surface area contributed by atoms with Gasteiger partial charge in [0.2, 0.25) is 0 Å². The summed E-state index contributed by atoms with van der Waals surface area (Å²) >= 11 is 0. The summed E-state index contributed by atoms with van der Waals surface area (Å²) in [5.74, 6) is -0.209. The van der Waals surface area contributed by atoms with E-state index in [1.54, 1.807) is 6.07 Å². The lowest BCUT2D eigenvalue weighted by atomic mass is 10.0. The number of rotatable bonds is 6. The summed E-state index contributed by atoms with van der Waals surface area (Å²) in [7, 11) is 4.34. The van der Waals surface area contributed by atoms with Gasteiger partial charge in [-0.25, -0.2) is 4.39 Å². The van der Waals surface area contributed by atoms with E-state index >= 15 is 0 Å².